The molecule has 1 amide bonds. The van der Waals surface area contributed by atoms with Gasteiger partial charge in [-0.3, -0.25) is 9.36 Å². The molecule has 0 aliphatic carbocycles. The first kappa shape index (κ1) is 16.5. The molecule has 114 valence electrons. The Morgan fingerprint density at radius 1 is 1.40 bits per heavy atom. The number of hydrogen-bond acceptors (Lipinski definition) is 3. The van der Waals surface area contributed by atoms with Crippen LogP contribution in [0.3, 0.4) is 0 Å². The third-order valence-corrected chi connectivity index (χ3v) is 3.27. The summed E-state index contributed by atoms with van der Waals surface area (Å²) in [7, 11) is 1.61. The first-order valence-corrected chi connectivity index (χ1v) is 6.99. The van der Waals surface area contributed by atoms with Crippen molar-refractivity contribution >= 4 is 5.91 Å². The molecule has 0 aliphatic rings. The summed E-state index contributed by atoms with van der Waals surface area (Å²) in [4.78, 5) is 23.7. The van der Waals surface area contributed by atoms with E-state index >= 15 is 0 Å². The quantitative estimate of drug-likeness (QED) is 0.881. The highest BCUT2D eigenvalue weighted by molar-refractivity contribution is 5.76. The molecule has 20 heavy (non-hydrogen) atoms. The number of carbonyl (C=O) groups is 1. The molecule has 1 aromatic heterocycles. The molecular formula is C14H26N4O2. The number of aromatic nitrogens is 3. The second kappa shape index (κ2) is 6.24. The van der Waals surface area contributed by atoms with Gasteiger partial charge in [0.05, 0.1) is 0 Å². The zero-order valence-corrected chi connectivity index (χ0v) is 13.3. The number of nitrogens with zero attached hydrogens (tertiary/aromatic N) is 3. The van der Waals surface area contributed by atoms with Gasteiger partial charge in [-0.1, -0.05) is 34.6 Å². The van der Waals surface area contributed by atoms with E-state index in [1.165, 1.54) is 15.6 Å². The Morgan fingerprint density at radius 2 is 2.00 bits per heavy atom. The lowest BCUT2D eigenvalue weighted by molar-refractivity contribution is -0.123. The third-order valence-electron chi connectivity index (χ3n) is 3.27. The minimum Gasteiger partial charge on any atom is -0.351 e. The average molecular weight is 282 g/mol. The Labute approximate surface area is 120 Å². The van der Waals surface area contributed by atoms with E-state index in [0.29, 0.717) is 5.92 Å². The maximum absolute atomic E-state index is 12.1. The van der Waals surface area contributed by atoms with Crippen LogP contribution in [0.1, 0.15) is 41.0 Å². The van der Waals surface area contributed by atoms with Gasteiger partial charge in [-0.2, -0.15) is 5.10 Å². The average Bonchev–Trinajstić information content (AvgIpc) is 2.58. The van der Waals surface area contributed by atoms with Crippen molar-refractivity contribution in [2.45, 2.75) is 53.6 Å². The topological polar surface area (TPSA) is 68.9 Å². The smallest absolute Gasteiger partial charge is 0.345 e. The van der Waals surface area contributed by atoms with Crippen molar-refractivity contribution in [1.82, 2.24) is 19.7 Å². The zero-order valence-electron chi connectivity index (χ0n) is 13.3. The third kappa shape index (κ3) is 4.51. The van der Waals surface area contributed by atoms with E-state index in [-0.39, 0.29) is 29.6 Å². The highest BCUT2D eigenvalue weighted by Crippen LogP contribution is 2.24. The summed E-state index contributed by atoms with van der Waals surface area (Å²) in [6.07, 6.45) is 2.32. The highest BCUT2D eigenvalue weighted by atomic mass is 16.2. The van der Waals surface area contributed by atoms with E-state index in [9.17, 15) is 9.59 Å². The molecule has 1 heterocycles. The fraction of sp³-hybridized carbons (Fsp3) is 0.786. The van der Waals surface area contributed by atoms with Gasteiger partial charge in [-0.15, -0.1) is 0 Å². The normalized spacial score (nSPS) is 13.6. The van der Waals surface area contributed by atoms with E-state index in [0.717, 1.165) is 6.42 Å². The first-order valence-electron chi connectivity index (χ1n) is 6.99. The van der Waals surface area contributed by atoms with Gasteiger partial charge >= 0.3 is 5.69 Å². The molecule has 0 spiro atoms. The van der Waals surface area contributed by atoms with Gasteiger partial charge in [-0.05, 0) is 17.8 Å². The van der Waals surface area contributed by atoms with E-state index in [1.807, 2.05) is 0 Å². The Balaban J connectivity index is 2.72. The van der Waals surface area contributed by atoms with Crippen LogP contribution in [-0.4, -0.2) is 26.3 Å². The summed E-state index contributed by atoms with van der Waals surface area (Å²) >= 11 is 0. The number of hydrogen-bond donors (Lipinski definition) is 1. The Bertz CT molecular complexity index is 508. The minimum absolute atomic E-state index is 0.0188. The van der Waals surface area contributed by atoms with Gasteiger partial charge in [0.25, 0.3) is 0 Å². The van der Waals surface area contributed by atoms with Crippen LogP contribution in [0, 0.1) is 11.3 Å². The lowest BCUT2D eigenvalue weighted by atomic mass is 9.82. The molecular weight excluding hydrogens is 256 g/mol. The van der Waals surface area contributed by atoms with Crippen LogP contribution in [0.25, 0.3) is 0 Å². The number of carbonyl (C=O) groups excluding carboxylic acids is 1. The number of rotatable bonds is 5. The number of aryl methyl sites for hydroxylation is 1. The summed E-state index contributed by atoms with van der Waals surface area (Å²) < 4.78 is 2.52. The van der Waals surface area contributed by atoms with E-state index in [2.05, 4.69) is 45.0 Å². The first-order chi connectivity index (χ1) is 9.11. The summed E-state index contributed by atoms with van der Waals surface area (Å²) in [5.74, 6) is 0.323. The van der Waals surface area contributed by atoms with Crippen molar-refractivity contribution in [2.24, 2.45) is 18.4 Å². The molecule has 0 aliphatic heterocycles. The molecule has 6 nitrogen and oxygen atoms in total. The number of amides is 1. The molecule has 1 N–H and O–H groups in total. The van der Waals surface area contributed by atoms with E-state index < -0.39 is 0 Å². The van der Waals surface area contributed by atoms with E-state index in [1.54, 1.807) is 7.05 Å². The van der Waals surface area contributed by atoms with Crippen LogP contribution in [-0.2, 0) is 18.4 Å². The maximum Gasteiger partial charge on any atom is 0.345 e. The predicted octanol–water partition coefficient (Wildman–Crippen LogP) is 1.16. The van der Waals surface area contributed by atoms with Gasteiger partial charge in [0.15, 0.2) is 0 Å². The van der Waals surface area contributed by atoms with Crippen molar-refractivity contribution in [2.75, 3.05) is 0 Å². The van der Waals surface area contributed by atoms with Crippen LogP contribution in [0.5, 0.6) is 0 Å². The zero-order chi connectivity index (χ0) is 15.5. The fourth-order valence-electron chi connectivity index (χ4n) is 2.01. The Hall–Kier alpha value is -1.59. The van der Waals surface area contributed by atoms with Crippen LogP contribution in [0.15, 0.2) is 11.1 Å². The van der Waals surface area contributed by atoms with Crippen molar-refractivity contribution in [3.05, 3.63) is 16.8 Å². The number of nitrogens with one attached hydrogen (secondary N) is 1. The lowest BCUT2D eigenvalue weighted by Gasteiger charge is -2.32. The van der Waals surface area contributed by atoms with Gasteiger partial charge in [0.1, 0.15) is 12.9 Å². The lowest BCUT2D eigenvalue weighted by Crippen LogP contribution is -2.46. The fourth-order valence-corrected chi connectivity index (χ4v) is 2.01. The molecule has 1 aromatic rings. The summed E-state index contributed by atoms with van der Waals surface area (Å²) in [6.45, 7) is 10.5. The SMILES string of the molecule is CC(C)C[C@H](NC(=O)Cn1ncn(C)c1=O)C(C)(C)C. The van der Waals surface area contributed by atoms with Crippen molar-refractivity contribution in [3.8, 4) is 0 Å². The monoisotopic (exact) mass is 282 g/mol. The van der Waals surface area contributed by atoms with Crippen LogP contribution < -0.4 is 11.0 Å². The molecule has 0 saturated heterocycles. The Kier molecular flexibility index (Phi) is 5.14. The molecule has 1 atom stereocenters. The van der Waals surface area contributed by atoms with Gasteiger partial charge in [0, 0.05) is 13.1 Å². The largest absolute Gasteiger partial charge is 0.351 e. The van der Waals surface area contributed by atoms with Crippen molar-refractivity contribution in [1.29, 1.82) is 0 Å². The Morgan fingerprint density at radius 3 is 2.40 bits per heavy atom. The van der Waals surface area contributed by atoms with Crippen molar-refractivity contribution in [3.63, 3.8) is 0 Å². The molecule has 6 heteroatoms. The van der Waals surface area contributed by atoms with Gasteiger partial charge in [-0.25, -0.2) is 9.48 Å². The van der Waals surface area contributed by atoms with Crippen LogP contribution in [0.2, 0.25) is 0 Å². The minimum atomic E-state index is -0.281. The second-order valence-electron chi connectivity index (χ2n) is 6.80. The molecule has 1 rings (SSSR count). The molecule has 0 fully saturated rings. The van der Waals surface area contributed by atoms with E-state index in [4.69, 9.17) is 0 Å². The summed E-state index contributed by atoms with van der Waals surface area (Å²) in [6, 6.07) is 0.0782. The molecule has 0 unspecified atom stereocenters. The van der Waals surface area contributed by atoms with Gasteiger partial charge < -0.3 is 5.32 Å². The van der Waals surface area contributed by atoms with Crippen LogP contribution in [0.4, 0.5) is 0 Å². The summed E-state index contributed by atoms with van der Waals surface area (Å²) in [5, 5.41) is 6.92. The molecule has 0 bridgehead atoms. The molecule has 0 radical (unpaired) electrons. The highest BCUT2D eigenvalue weighted by Gasteiger charge is 2.27. The van der Waals surface area contributed by atoms with Gasteiger partial charge in [0.2, 0.25) is 5.91 Å². The maximum atomic E-state index is 12.1. The van der Waals surface area contributed by atoms with Crippen LogP contribution >= 0.6 is 0 Å². The van der Waals surface area contributed by atoms with Crippen molar-refractivity contribution < 1.29 is 4.79 Å². The molecule has 0 aromatic carbocycles. The second-order valence-corrected chi connectivity index (χ2v) is 6.80. The molecule has 0 saturated carbocycles. The summed E-state index contributed by atoms with van der Waals surface area (Å²) in [5.41, 5.74) is -0.300. The standard InChI is InChI=1S/C14H26N4O2/c1-10(2)7-11(14(3,4)5)16-12(19)8-18-13(20)17(6)9-15-18/h9-11H,7-8H2,1-6H3,(H,16,19)/t11-/m0/s1. The predicted molar refractivity (Wildman–Crippen MR) is 78.3 cm³/mol.